The molecule has 1 aromatic heterocycles. The molecule has 1 aromatic carbocycles. The van der Waals surface area contributed by atoms with E-state index in [1.54, 1.807) is 12.1 Å². The van der Waals surface area contributed by atoms with Gasteiger partial charge in [0, 0.05) is 12.7 Å². The second-order valence-corrected chi connectivity index (χ2v) is 8.99. The molecule has 3 rings (SSSR count). The molecule has 1 aliphatic carbocycles. The number of rotatable bonds is 5. The van der Waals surface area contributed by atoms with Crippen LogP contribution in [-0.4, -0.2) is 42.4 Å². The first-order valence-corrected chi connectivity index (χ1v) is 10.6. The zero-order chi connectivity index (χ0) is 21.2. The molecule has 29 heavy (non-hydrogen) atoms. The van der Waals surface area contributed by atoms with Gasteiger partial charge in [0.15, 0.2) is 0 Å². The van der Waals surface area contributed by atoms with Crippen molar-refractivity contribution in [3.8, 4) is 0 Å². The molecule has 0 saturated heterocycles. The van der Waals surface area contributed by atoms with Crippen LogP contribution >= 0.6 is 0 Å². The predicted molar refractivity (Wildman–Crippen MR) is 108 cm³/mol. The van der Waals surface area contributed by atoms with Gasteiger partial charge in [-0.2, -0.15) is 0 Å². The Morgan fingerprint density at radius 1 is 1.38 bits per heavy atom. The molecular formula is C19H22FN5O3S. The molecule has 1 heterocycles. The van der Waals surface area contributed by atoms with Crippen molar-refractivity contribution in [2.24, 2.45) is 5.73 Å². The zero-order valence-electron chi connectivity index (χ0n) is 15.9. The second kappa shape index (κ2) is 8.16. The molecule has 0 bridgehead atoms. The largest absolute Gasteiger partial charge is 0.369 e. The summed E-state index contributed by atoms with van der Waals surface area (Å²) >= 11 is 0. The Bertz CT molecular complexity index is 1040. The Balaban J connectivity index is 1.83. The predicted octanol–water partition coefficient (Wildman–Crippen LogP) is 2.05. The van der Waals surface area contributed by atoms with Crippen LogP contribution in [0.5, 0.6) is 0 Å². The summed E-state index contributed by atoms with van der Waals surface area (Å²) in [6.45, 7) is 0. The number of carbonyl (C=O) groups is 1. The maximum absolute atomic E-state index is 13.0. The number of hydrogen-bond acceptors (Lipinski definition) is 5. The lowest BCUT2D eigenvalue weighted by molar-refractivity contribution is 0.102. The molecule has 1 aliphatic rings. The summed E-state index contributed by atoms with van der Waals surface area (Å²) in [5, 5.41) is 10.1. The van der Waals surface area contributed by atoms with Crippen molar-refractivity contribution >= 4 is 27.6 Å². The Kier molecular flexibility index (Phi) is 5.83. The number of nitrogens with one attached hydrogen (secondary N) is 2. The molecule has 10 heteroatoms. The van der Waals surface area contributed by atoms with Gasteiger partial charge in [-0.1, -0.05) is 6.07 Å². The van der Waals surface area contributed by atoms with Gasteiger partial charge >= 0.3 is 0 Å². The Morgan fingerprint density at radius 2 is 2.14 bits per heavy atom. The number of aromatic nitrogens is 1. The summed E-state index contributed by atoms with van der Waals surface area (Å²) in [4.78, 5) is 16.1. The van der Waals surface area contributed by atoms with Crippen LogP contribution in [0.15, 0.2) is 36.5 Å². The molecule has 0 fully saturated rings. The summed E-state index contributed by atoms with van der Waals surface area (Å²) in [6.07, 6.45) is 3.31. The van der Waals surface area contributed by atoms with Crippen LogP contribution in [-0.2, 0) is 16.4 Å². The van der Waals surface area contributed by atoms with E-state index in [4.69, 9.17) is 11.1 Å². The molecule has 0 aliphatic heterocycles. The van der Waals surface area contributed by atoms with E-state index >= 15 is 0 Å². The van der Waals surface area contributed by atoms with Crippen LogP contribution in [0, 0.1) is 11.2 Å². The second-order valence-electron chi connectivity index (χ2n) is 6.95. The number of aryl methyl sites for hydroxylation is 1. The van der Waals surface area contributed by atoms with Crippen molar-refractivity contribution < 1.29 is 17.6 Å². The fraction of sp³-hybridized carbons (Fsp3) is 0.316. The molecule has 0 spiro atoms. The molecule has 154 valence electrons. The number of fused-ring (bicyclic) bond motifs is 1. The van der Waals surface area contributed by atoms with E-state index < -0.39 is 27.7 Å². The first-order valence-electron chi connectivity index (χ1n) is 9.04. The SMILES string of the molecule is CN(C(=N)N)S(=O)(=O)CC1CCCc2ccc(NC(=O)c3ccc(F)cn3)cc21. The van der Waals surface area contributed by atoms with Crippen LogP contribution in [0.25, 0.3) is 0 Å². The lowest BCUT2D eigenvalue weighted by Gasteiger charge is -2.28. The normalized spacial score (nSPS) is 16.0. The molecule has 0 radical (unpaired) electrons. The van der Waals surface area contributed by atoms with Gasteiger partial charge in [0.1, 0.15) is 11.5 Å². The van der Waals surface area contributed by atoms with Gasteiger partial charge in [-0.25, -0.2) is 22.1 Å². The van der Waals surface area contributed by atoms with E-state index in [9.17, 15) is 17.6 Å². The average molecular weight is 419 g/mol. The van der Waals surface area contributed by atoms with Gasteiger partial charge in [-0.3, -0.25) is 10.2 Å². The summed E-state index contributed by atoms with van der Waals surface area (Å²) < 4.78 is 38.8. The highest BCUT2D eigenvalue weighted by molar-refractivity contribution is 7.89. The fourth-order valence-electron chi connectivity index (χ4n) is 3.37. The van der Waals surface area contributed by atoms with Crippen molar-refractivity contribution in [1.82, 2.24) is 9.29 Å². The van der Waals surface area contributed by atoms with Crippen LogP contribution in [0.3, 0.4) is 0 Å². The minimum absolute atomic E-state index is 0.0753. The number of anilines is 1. The molecule has 0 saturated carbocycles. The Morgan fingerprint density at radius 3 is 2.79 bits per heavy atom. The Labute approximate surface area is 168 Å². The summed E-state index contributed by atoms with van der Waals surface area (Å²) in [5.74, 6) is -2.00. The van der Waals surface area contributed by atoms with E-state index in [1.165, 1.54) is 13.1 Å². The van der Waals surface area contributed by atoms with Crippen LogP contribution in [0.1, 0.15) is 40.4 Å². The number of amides is 1. The van der Waals surface area contributed by atoms with Gasteiger partial charge in [0.2, 0.25) is 16.0 Å². The highest BCUT2D eigenvalue weighted by Gasteiger charge is 2.29. The zero-order valence-corrected chi connectivity index (χ0v) is 16.7. The van der Waals surface area contributed by atoms with Crippen molar-refractivity contribution in [2.45, 2.75) is 25.2 Å². The minimum atomic E-state index is -3.73. The molecule has 1 atom stereocenters. The van der Waals surface area contributed by atoms with E-state index in [2.05, 4.69) is 10.3 Å². The molecule has 1 amide bonds. The number of hydrogen-bond donors (Lipinski definition) is 3. The smallest absolute Gasteiger partial charge is 0.274 e. The van der Waals surface area contributed by atoms with Crippen LogP contribution in [0.4, 0.5) is 10.1 Å². The third-order valence-electron chi connectivity index (χ3n) is 4.97. The third kappa shape index (κ3) is 4.70. The quantitative estimate of drug-likeness (QED) is 0.504. The molecule has 8 nitrogen and oxygen atoms in total. The number of guanidine groups is 1. The van der Waals surface area contributed by atoms with E-state index in [1.807, 2.05) is 6.07 Å². The number of pyridine rings is 1. The monoisotopic (exact) mass is 419 g/mol. The van der Waals surface area contributed by atoms with Gasteiger partial charge in [0.25, 0.3) is 5.91 Å². The van der Waals surface area contributed by atoms with Gasteiger partial charge in [0.05, 0.1) is 11.9 Å². The highest BCUT2D eigenvalue weighted by Crippen LogP contribution is 2.35. The van der Waals surface area contributed by atoms with Gasteiger partial charge in [-0.15, -0.1) is 0 Å². The topological polar surface area (TPSA) is 129 Å². The third-order valence-corrected chi connectivity index (χ3v) is 6.83. The maximum Gasteiger partial charge on any atom is 0.274 e. The molecule has 2 aromatic rings. The number of carbonyl (C=O) groups excluding carboxylic acids is 1. The van der Waals surface area contributed by atoms with E-state index in [0.717, 1.165) is 40.5 Å². The molecule has 1 unspecified atom stereocenters. The van der Waals surface area contributed by atoms with E-state index in [-0.39, 0.29) is 17.4 Å². The lowest BCUT2D eigenvalue weighted by atomic mass is 9.83. The first kappa shape index (κ1) is 20.7. The lowest BCUT2D eigenvalue weighted by Crippen LogP contribution is -2.40. The number of halogens is 1. The fourth-order valence-corrected chi connectivity index (χ4v) is 4.75. The van der Waals surface area contributed by atoms with Crippen molar-refractivity contribution in [2.75, 3.05) is 18.1 Å². The Hall–Kier alpha value is -3.01. The molecular weight excluding hydrogens is 397 g/mol. The summed E-state index contributed by atoms with van der Waals surface area (Å²) in [6, 6.07) is 7.83. The number of nitrogens with two attached hydrogens (primary N) is 1. The minimum Gasteiger partial charge on any atom is -0.369 e. The number of nitrogens with zero attached hydrogens (tertiary/aromatic N) is 2. The molecule has 4 N–H and O–H groups in total. The standard InChI is InChI=1S/C19H22FN5O3S/c1-25(19(21)22)29(27,28)11-13-4-2-3-12-5-7-15(9-16(12)13)24-18(26)17-8-6-14(20)10-23-17/h5-10,13H,2-4,11H2,1H3,(H3,21,22)(H,24,26). The summed E-state index contributed by atoms with van der Waals surface area (Å²) in [7, 11) is -2.48. The van der Waals surface area contributed by atoms with Crippen LogP contribution < -0.4 is 11.1 Å². The van der Waals surface area contributed by atoms with E-state index in [0.29, 0.717) is 12.1 Å². The highest BCUT2D eigenvalue weighted by atomic mass is 32.2. The summed E-state index contributed by atoms with van der Waals surface area (Å²) in [5.41, 5.74) is 7.77. The first-order chi connectivity index (χ1) is 13.7. The van der Waals surface area contributed by atoms with Crippen molar-refractivity contribution in [3.05, 3.63) is 59.2 Å². The van der Waals surface area contributed by atoms with Crippen molar-refractivity contribution in [1.29, 1.82) is 5.41 Å². The van der Waals surface area contributed by atoms with Gasteiger partial charge < -0.3 is 11.1 Å². The number of sulfonamides is 1. The van der Waals surface area contributed by atoms with Gasteiger partial charge in [-0.05, 0) is 60.6 Å². The maximum atomic E-state index is 13.0. The average Bonchev–Trinajstić information content (AvgIpc) is 2.68. The number of benzene rings is 1. The van der Waals surface area contributed by atoms with Crippen molar-refractivity contribution in [3.63, 3.8) is 0 Å². The van der Waals surface area contributed by atoms with Crippen LogP contribution in [0.2, 0.25) is 0 Å².